The summed E-state index contributed by atoms with van der Waals surface area (Å²) in [6.07, 6.45) is -1.86. The summed E-state index contributed by atoms with van der Waals surface area (Å²) in [6, 6.07) is 6.85. The molecule has 2 heterocycles. The molecule has 2 aliphatic rings. The zero-order valence-corrected chi connectivity index (χ0v) is 13.7. The van der Waals surface area contributed by atoms with Crippen molar-refractivity contribution in [1.82, 2.24) is 5.32 Å². The number of anilines is 2. The van der Waals surface area contributed by atoms with Crippen LogP contribution in [0.2, 0.25) is 0 Å². The van der Waals surface area contributed by atoms with Gasteiger partial charge in [0.15, 0.2) is 12.8 Å². The Morgan fingerprint density at radius 1 is 1.19 bits per heavy atom. The van der Waals surface area contributed by atoms with Crippen molar-refractivity contribution in [2.24, 2.45) is 0 Å². The maximum atomic E-state index is 12.0. The van der Waals surface area contributed by atoms with Crippen molar-refractivity contribution in [3.8, 4) is 0 Å². The highest BCUT2D eigenvalue weighted by atomic mass is 16.6. The minimum atomic E-state index is -1.03. The van der Waals surface area contributed by atoms with Gasteiger partial charge in [-0.25, -0.2) is 4.79 Å². The largest absolute Gasteiger partial charge is 0.481 e. The maximum absolute atomic E-state index is 12.0. The summed E-state index contributed by atoms with van der Waals surface area (Å²) in [4.78, 5) is 48.6. The summed E-state index contributed by atoms with van der Waals surface area (Å²) in [5, 5.41) is 11.0. The van der Waals surface area contributed by atoms with Crippen LogP contribution in [0.5, 0.6) is 0 Å². The van der Waals surface area contributed by atoms with Crippen molar-refractivity contribution >= 4 is 35.3 Å². The van der Waals surface area contributed by atoms with Gasteiger partial charge in [0.25, 0.3) is 5.91 Å². The Balaban J connectivity index is 1.59. The van der Waals surface area contributed by atoms with E-state index in [1.165, 1.54) is 4.90 Å². The van der Waals surface area contributed by atoms with Gasteiger partial charge in [-0.1, -0.05) is 0 Å². The van der Waals surface area contributed by atoms with Gasteiger partial charge in [-0.15, -0.1) is 0 Å². The fourth-order valence-electron chi connectivity index (χ4n) is 2.62. The summed E-state index contributed by atoms with van der Waals surface area (Å²) in [5.41, 5.74) is 1.32. The molecule has 138 valence electrons. The maximum Gasteiger partial charge on any atom is 0.415 e. The van der Waals surface area contributed by atoms with E-state index < -0.39 is 24.1 Å². The highest BCUT2D eigenvalue weighted by Crippen LogP contribution is 2.25. The highest BCUT2D eigenvalue weighted by molar-refractivity contribution is 5.95. The first-order valence-corrected chi connectivity index (χ1v) is 7.92. The van der Waals surface area contributed by atoms with E-state index >= 15 is 0 Å². The zero-order valence-electron chi connectivity index (χ0n) is 13.7. The van der Waals surface area contributed by atoms with Crippen molar-refractivity contribution in [1.29, 1.82) is 0 Å². The summed E-state index contributed by atoms with van der Waals surface area (Å²) in [5.74, 6) is -1.86. The number of nitrogens with zero attached hydrogens (tertiary/aromatic N) is 2. The first-order valence-electron chi connectivity index (χ1n) is 7.92. The Labute approximate surface area is 148 Å². The fourth-order valence-corrected chi connectivity index (χ4v) is 2.62. The molecule has 2 fully saturated rings. The Hall–Kier alpha value is -3.30. The second-order valence-electron chi connectivity index (χ2n) is 5.78. The van der Waals surface area contributed by atoms with Gasteiger partial charge in [0, 0.05) is 17.9 Å². The molecule has 26 heavy (non-hydrogen) atoms. The first kappa shape index (κ1) is 17.5. The van der Waals surface area contributed by atoms with Crippen LogP contribution in [0.1, 0.15) is 6.42 Å². The lowest BCUT2D eigenvalue weighted by atomic mass is 10.2. The molecule has 2 amide bonds. The summed E-state index contributed by atoms with van der Waals surface area (Å²) in [7, 11) is 0. The Morgan fingerprint density at radius 2 is 1.88 bits per heavy atom. The average molecular weight is 363 g/mol. The number of benzene rings is 1. The van der Waals surface area contributed by atoms with E-state index in [0.29, 0.717) is 5.69 Å². The Kier molecular flexibility index (Phi) is 4.92. The third-order valence-corrected chi connectivity index (χ3v) is 3.97. The van der Waals surface area contributed by atoms with Crippen LogP contribution in [0.15, 0.2) is 24.3 Å². The number of cyclic esters (lactones) is 2. The second kappa shape index (κ2) is 7.30. The van der Waals surface area contributed by atoms with Crippen LogP contribution in [-0.4, -0.2) is 61.5 Å². The summed E-state index contributed by atoms with van der Waals surface area (Å²) < 4.78 is 9.92. The van der Waals surface area contributed by atoms with Crippen LogP contribution in [-0.2, 0) is 23.9 Å². The molecule has 2 saturated heterocycles. The van der Waals surface area contributed by atoms with E-state index in [1.54, 1.807) is 29.2 Å². The number of rotatable bonds is 6. The smallest absolute Gasteiger partial charge is 0.415 e. The number of aliphatic carboxylic acids is 1. The number of carbonyl (C=O) groups excluding carboxylic acids is 3. The molecule has 2 aliphatic heterocycles. The normalized spacial score (nSPS) is 19.3. The predicted molar refractivity (Wildman–Crippen MR) is 87.6 cm³/mol. The van der Waals surface area contributed by atoms with E-state index in [4.69, 9.17) is 14.6 Å². The molecule has 0 saturated carbocycles. The zero-order chi connectivity index (χ0) is 18.7. The molecular formula is C16H17N3O7. The fraction of sp³-hybridized carbons (Fsp3) is 0.375. The van der Waals surface area contributed by atoms with Gasteiger partial charge in [0.05, 0.1) is 13.0 Å². The number of hydrogen-bond donors (Lipinski definition) is 2. The molecule has 1 aromatic rings. The third kappa shape index (κ3) is 3.85. The molecule has 0 spiro atoms. The van der Waals surface area contributed by atoms with Gasteiger partial charge in [0.2, 0.25) is 0 Å². The molecule has 1 atom stereocenters. The minimum Gasteiger partial charge on any atom is -0.481 e. The van der Waals surface area contributed by atoms with E-state index in [9.17, 15) is 19.2 Å². The van der Waals surface area contributed by atoms with Gasteiger partial charge < -0.3 is 24.8 Å². The number of hydrogen-bond acceptors (Lipinski definition) is 7. The predicted octanol–water partition coefficient (Wildman–Crippen LogP) is -0.0766. The van der Waals surface area contributed by atoms with Crippen molar-refractivity contribution in [2.75, 3.05) is 36.2 Å². The van der Waals surface area contributed by atoms with Crippen LogP contribution in [0.4, 0.5) is 16.2 Å². The molecule has 0 aliphatic carbocycles. The van der Waals surface area contributed by atoms with Gasteiger partial charge >= 0.3 is 18.0 Å². The van der Waals surface area contributed by atoms with E-state index in [-0.39, 0.29) is 38.8 Å². The Bertz CT molecular complexity index is 734. The standard InChI is InChI=1S/C16H17N3O7/c20-13(21)5-6-17-15(23)12-7-19(16(24)26-12)11-3-1-10(2-4-11)18-8-14(22)25-9-18/h1-4,12H,5-9H2,(H,17,23)(H,20,21). The molecule has 3 rings (SSSR count). The van der Waals surface area contributed by atoms with Crippen LogP contribution >= 0.6 is 0 Å². The second-order valence-corrected chi connectivity index (χ2v) is 5.78. The van der Waals surface area contributed by atoms with E-state index in [2.05, 4.69) is 5.32 Å². The van der Waals surface area contributed by atoms with Gasteiger partial charge in [-0.3, -0.25) is 19.3 Å². The molecule has 0 aromatic heterocycles. The SMILES string of the molecule is O=C(O)CCNC(=O)C1CN(c2ccc(N3COC(=O)C3)cc2)C(=O)O1. The third-order valence-electron chi connectivity index (χ3n) is 3.97. The lowest BCUT2D eigenvalue weighted by Gasteiger charge is -2.17. The van der Waals surface area contributed by atoms with E-state index in [1.807, 2.05) is 0 Å². The number of carbonyl (C=O) groups is 4. The van der Waals surface area contributed by atoms with Crippen LogP contribution in [0.25, 0.3) is 0 Å². The number of amides is 2. The van der Waals surface area contributed by atoms with Crippen molar-refractivity contribution in [3.05, 3.63) is 24.3 Å². The van der Waals surface area contributed by atoms with Crippen LogP contribution in [0, 0.1) is 0 Å². The lowest BCUT2D eigenvalue weighted by molar-refractivity contribution is -0.138. The number of nitrogens with one attached hydrogen (secondary N) is 1. The Morgan fingerprint density at radius 3 is 2.50 bits per heavy atom. The highest BCUT2D eigenvalue weighted by Gasteiger charge is 2.37. The molecule has 10 heteroatoms. The lowest BCUT2D eigenvalue weighted by Crippen LogP contribution is -2.38. The summed E-state index contributed by atoms with van der Waals surface area (Å²) >= 11 is 0. The van der Waals surface area contributed by atoms with Gasteiger partial charge in [-0.05, 0) is 24.3 Å². The molecular weight excluding hydrogens is 346 g/mol. The van der Waals surface area contributed by atoms with Crippen LogP contribution in [0.3, 0.4) is 0 Å². The van der Waals surface area contributed by atoms with Crippen molar-refractivity contribution in [2.45, 2.75) is 12.5 Å². The number of carboxylic acid groups (broad SMARTS) is 1. The molecule has 0 bridgehead atoms. The topological polar surface area (TPSA) is 125 Å². The number of ether oxygens (including phenoxy) is 2. The molecule has 2 N–H and O–H groups in total. The van der Waals surface area contributed by atoms with Gasteiger partial charge in [-0.2, -0.15) is 0 Å². The van der Waals surface area contributed by atoms with Crippen molar-refractivity contribution in [3.63, 3.8) is 0 Å². The molecule has 0 radical (unpaired) electrons. The molecule has 1 unspecified atom stereocenters. The average Bonchev–Trinajstić information content (AvgIpc) is 3.21. The quantitative estimate of drug-likeness (QED) is 0.673. The molecule has 1 aromatic carbocycles. The minimum absolute atomic E-state index is 0.0302. The number of carboxylic acids is 1. The monoisotopic (exact) mass is 363 g/mol. The van der Waals surface area contributed by atoms with Crippen molar-refractivity contribution < 1.29 is 33.8 Å². The molecule has 10 nitrogen and oxygen atoms in total. The van der Waals surface area contributed by atoms with E-state index in [0.717, 1.165) is 5.69 Å². The summed E-state index contributed by atoms with van der Waals surface area (Å²) in [6.45, 7) is 0.349. The first-order chi connectivity index (χ1) is 12.4. The van der Waals surface area contributed by atoms with Gasteiger partial charge in [0.1, 0.15) is 6.54 Å². The number of esters is 1. The van der Waals surface area contributed by atoms with Crippen LogP contribution < -0.4 is 15.1 Å².